The third kappa shape index (κ3) is 4.76. The van der Waals surface area contributed by atoms with Crippen LogP contribution in [0.15, 0.2) is 48.8 Å². The maximum Gasteiger partial charge on any atom is 0.279 e. The summed E-state index contributed by atoms with van der Waals surface area (Å²) in [6.45, 7) is 1.52. The molecule has 144 valence electrons. The van der Waals surface area contributed by atoms with Crippen molar-refractivity contribution >= 4 is 35.0 Å². The van der Waals surface area contributed by atoms with E-state index in [0.717, 1.165) is 0 Å². The Kier molecular flexibility index (Phi) is 6.07. The molecule has 9 nitrogen and oxygen atoms in total. The number of benzene rings is 2. The van der Waals surface area contributed by atoms with Crippen LogP contribution in [0.5, 0.6) is 5.75 Å². The van der Waals surface area contributed by atoms with Crippen LogP contribution >= 0.6 is 23.2 Å². The number of aromatic nitrogens is 4. The van der Waals surface area contributed by atoms with Crippen molar-refractivity contribution in [2.75, 3.05) is 0 Å². The summed E-state index contributed by atoms with van der Waals surface area (Å²) in [6.07, 6.45) is 0.532. The van der Waals surface area contributed by atoms with Gasteiger partial charge in [-0.15, -0.1) is 5.10 Å². The molecular formula is C17H14Cl2N6O3. The number of carbonyl (C=O) groups excluding carboxylic acids is 2. The van der Waals surface area contributed by atoms with Gasteiger partial charge in [0.25, 0.3) is 11.8 Å². The summed E-state index contributed by atoms with van der Waals surface area (Å²) in [5.41, 5.74) is 5.65. The van der Waals surface area contributed by atoms with Gasteiger partial charge in [-0.05, 0) is 59.8 Å². The Morgan fingerprint density at radius 3 is 2.50 bits per heavy atom. The minimum atomic E-state index is -0.902. The van der Waals surface area contributed by atoms with Gasteiger partial charge in [-0.1, -0.05) is 23.2 Å². The monoisotopic (exact) mass is 420 g/mol. The highest BCUT2D eigenvalue weighted by atomic mass is 35.5. The quantitative estimate of drug-likeness (QED) is 0.611. The Morgan fingerprint density at radius 2 is 1.86 bits per heavy atom. The molecule has 1 atom stereocenters. The molecule has 28 heavy (non-hydrogen) atoms. The number of ether oxygens (including phenoxy) is 1. The van der Waals surface area contributed by atoms with Gasteiger partial charge < -0.3 is 4.74 Å². The van der Waals surface area contributed by atoms with Crippen LogP contribution in [0.2, 0.25) is 10.0 Å². The molecule has 1 unspecified atom stereocenters. The second kappa shape index (κ2) is 8.68. The second-order valence-corrected chi connectivity index (χ2v) is 6.42. The molecule has 0 radical (unpaired) electrons. The molecule has 2 amide bonds. The van der Waals surface area contributed by atoms with Crippen molar-refractivity contribution in [3.05, 3.63) is 64.4 Å². The van der Waals surface area contributed by atoms with Crippen molar-refractivity contribution in [3.63, 3.8) is 0 Å². The lowest BCUT2D eigenvalue weighted by Gasteiger charge is -2.16. The molecule has 0 saturated carbocycles. The molecule has 0 bridgehead atoms. The normalized spacial score (nSPS) is 11.5. The summed E-state index contributed by atoms with van der Waals surface area (Å²) in [5.74, 6) is -0.740. The van der Waals surface area contributed by atoms with E-state index in [1.165, 1.54) is 24.0 Å². The first kappa shape index (κ1) is 19.6. The van der Waals surface area contributed by atoms with E-state index in [9.17, 15) is 9.59 Å². The molecule has 0 aliphatic rings. The highest BCUT2D eigenvalue weighted by Crippen LogP contribution is 2.28. The molecule has 0 aliphatic heterocycles. The zero-order chi connectivity index (χ0) is 20.1. The summed E-state index contributed by atoms with van der Waals surface area (Å²) in [5, 5.41) is 11.6. The summed E-state index contributed by atoms with van der Waals surface area (Å²) in [6, 6.07) is 11.1. The minimum Gasteiger partial charge on any atom is -0.479 e. The van der Waals surface area contributed by atoms with Crippen LogP contribution in [0.4, 0.5) is 0 Å². The van der Waals surface area contributed by atoms with Gasteiger partial charge in [0.15, 0.2) is 6.10 Å². The minimum absolute atomic E-state index is 0.277. The van der Waals surface area contributed by atoms with Crippen molar-refractivity contribution in [2.45, 2.75) is 13.0 Å². The van der Waals surface area contributed by atoms with Crippen molar-refractivity contribution in [3.8, 4) is 11.4 Å². The van der Waals surface area contributed by atoms with E-state index in [-0.39, 0.29) is 5.02 Å². The van der Waals surface area contributed by atoms with Crippen molar-refractivity contribution in [1.29, 1.82) is 0 Å². The number of nitrogens with zero attached hydrogens (tertiary/aromatic N) is 4. The van der Waals surface area contributed by atoms with Crippen molar-refractivity contribution < 1.29 is 14.3 Å². The number of hydrogen-bond donors (Lipinski definition) is 2. The lowest BCUT2D eigenvalue weighted by molar-refractivity contribution is -0.128. The molecule has 2 N–H and O–H groups in total. The molecule has 0 spiro atoms. The van der Waals surface area contributed by atoms with E-state index in [2.05, 4.69) is 26.4 Å². The fourth-order valence-corrected chi connectivity index (χ4v) is 2.61. The number of hydrogen-bond acceptors (Lipinski definition) is 6. The van der Waals surface area contributed by atoms with E-state index in [4.69, 9.17) is 27.9 Å². The first-order valence-corrected chi connectivity index (χ1v) is 8.75. The first-order valence-electron chi connectivity index (χ1n) is 7.99. The smallest absolute Gasteiger partial charge is 0.279 e. The Morgan fingerprint density at radius 1 is 1.11 bits per heavy atom. The summed E-state index contributed by atoms with van der Waals surface area (Å²) >= 11 is 11.8. The van der Waals surface area contributed by atoms with E-state index in [1.807, 2.05) is 0 Å². The number of halogens is 2. The maximum atomic E-state index is 12.2. The molecule has 3 aromatic rings. The Hall–Kier alpha value is -3.17. The molecule has 1 aromatic heterocycles. The Bertz CT molecular complexity index is 979. The third-order valence-electron chi connectivity index (χ3n) is 3.61. The molecule has 1 heterocycles. The van der Waals surface area contributed by atoms with Crippen LogP contribution < -0.4 is 15.6 Å². The van der Waals surface area contributed by atoms with E-state index < -0.39 is 17.9 Å². The van der Waals surface area contributed by atoms with Gasteiger partial charge >= 0.3 is 0 Å². The molecule has 0 saturated heterocycles. The molecule has 0 fully saturated rings. The Balaban J connectivity index is 1.54. The average molecular weight is 421 g/mol. The zero-order valence-corrected chi connectivity index (χ0v) is 16.0. The predicted octanol–water partition coefficient (Wildman–Crippen LogP) is 2.20. The van der Waals surface area contributed by atoms with Gasteiger partial charge in [-0.25, -0.2) is 4.68 Å². The van der Waals surface area contributed by atoms with Gasteiger partial charge in [0.05, 0.1) is 10.7 Å². The number of amides is 2. The van der Waals surface area contributed by atoms with Gasteiger partial charge in [0.1, 0.15) is 12.1 Å². The van der Waals surface area contributed by atoms with Gasteiger partial charge in [0.2, 0.25) is 0 Å². The highest BCUT2D eigenvalue weighted by Gasteiger charge is 2.17. The summed E-state index contributed by atoms with van der Waals surface area (Å²) in [4.78, 5) is 24.3. The number of rotatable bonds is 5. The van der Waals surface area contributed by atoms with Crippen LogP contribution in [-0.2, 0) is 4.79 Å². The number of carbonyl (C=O) groups is 2. The topological polar surface area (TPSA) is 111 Å². The molecular weight excluding hydrogens is 407 g/mol. The molecule has 0 aliphatic carbocycles. The van der Waals surface area contributed by atoms with Crippen LogP contribution in [0.25, 0.3) is 5.69 Å². The van der Waals surface area contributed by atoms with E-state index in [1.54, 1.807) is 36.4 Å². The fraction of sp³-hybridized carbons (Fsp3) is 0.118. The third-order valence-corrected chi connectivity index (χ3v) is 4.14. The van der Waals surface area contributed by atoms with Crippen LogP contribution in [0, 0.1) is 0 Å². The van der Waals surface area contributed by atoms with Crippen LogP contribution in [-0.4, -0.2) is 38.1 Å². The predicted molar refractivity (Wildman–Crippen MR) is 101 cm³/mol. The first-order chi connectivity index (χ1) is 13.4. The highest BCUT2D eigenvalue weighted by molar-refractivity contribution is 6.35. The number of nitrogens with one attached hydrogen (secondary N) is 2. The Labute approximate surface area is 169 Å². The maximum absolute atomic E-state index is 12.2. The van der Waals surface area contributed by atoms with Crippen molar-refractivity contribution in [2.24, 2.45) is 0 Å². The summed E-state index contributed by atoms with van der Waals surface area (Å²) < 4.78 is 6.93. The number of hydrazine groups is 1. The van der Waals surface area contributed by atoms with Crippen LogP contribution in [0.3, 0.4) is 0 Å². The lowest BCUT2D eigenvalue weighted by Crippen LogP contribution is -2.47. The summed E-state index contributed by atoms with van der Waals surface area (Å²) in [7, 11) is 0. The molecule has 2 aromatic carbocycles. The molecule has 11 heteroatoms. The van der Waals surface area contributed by atoms with E-state index in [0.29, 0.717) is 22.0 Å². The largest absolute Gasteiger partial charge is 0.479 e. The standard InChI is InChI=1S/C17H14Cl2N6O3/c1-10(28-15-7-4-12(18)8-14(15)19)16(26)21-22-17(27)11-2-5-13(6-3-11)25-9-20-23-24-25/h2-10H,1H3,(H,21,26)(H,22,27). The number of tetrazole rings is 1. The SMILES string of the molecule is CC(Oc1ccc(Cl)cc1Cl)C(=O)NNC(=O)c1ccc(-n2cnnn2)cc1. The van der Waals surface area contributed by atoms with E-state index >= 15 is 0 Å². The van der Waals surface area contributed by atoms with Gasteiger partial charge in [0, 0.05) is 10.6 Å². The average Bonchev–Trinajstić information content (AvgIpc) is 3.23. The van der Waals surface area contributed by atoms with Gasteiger partial charge in [-0.3, -0.25) is 20.4 Å². The van der Waals surface area contributed by atoms with Gasteiger partial charge in [-0.2, -0.15) is 0 Å². The van der Waals surface area contributed by atoms with Crippen LogP contribution in [0.1, 0.15) is 17.3 Å². The van der Waals surface area contributed by atoms with Crippen molar-refractivity contribution in [1.82, 2.24) is 31.1 Å². The molecule has 3 rings (SSSR count). The fourth-order valence-electron chi connectivity index (χ4n) is 2.15. The lowest BCUT2D eigenvalue weighted by atomic mass is 10.2. The zero-order valence-electron chi connectivity index (χ0n) is 14.5. The second-order valence-electron chi connectivity index (χ2n) is 5.58.